The second-order valence-electron chi connectivity index (χ2n) is 6.47. The molecule has 0 aliphatic heterocycles. The Balaban J connectivity index is -0.000000422. The van der Waals surface area contributed by atoms with E-state index in [1.165, 1.54) is 0 Å². The van der Waals surface area contributed by atoms with Crippen molar-refractivity contribution in [1.29, 1.82) is 0 Å². The molecule has 0 aromatic carbocycles. The minimum absolute atomic E-state index is 0. The molecule has 0 atom stereocenters. The lowest BCUT2D eigenvalue weighted by atomic mass is 11.9. The second-order valence-corrected chi connectivity index (χ2v) is 24.3. The molecule has 7 nitrogen and oxygen atoms in total. The molecule has 0 bridgehead atoms. The maximum absolute atomic E-state index is 5.81. The summed E-state index contributed by atoms with van der Waals surface area (Å²) in [6.45, 7) is 0. The highest BCUT2D eigenvalue weighted by Gasteiger charge is 2.30. The number of hydrogen-bond donors (Lipinski definition) is 0. The average molecular weight is 495 g/mol. The molecule has 0 aromatic heterocycles. The molecule has 2 N–H and O–H groups in total. The van der Waals surface area contributed by atoms with Gasteiger partial charge >= 0.3 is 118 Å². The first-order chi connectivity index (χ1) is 11.5. The Bertz CT molecular complexity index is 294. The van der Waals surface area contributed by atoms with Crippen molar-refractivity contribution < 1.29 is 22.5 Å². The highest BCUT2D eigenvalue weighted by atomic mass is 27.4. The van der Waals surface area contributed by atoms with Crippen LogP contribution in [-0.4, -0.2) is 124 Å². The quantitative estimate of drug-likeness (QED) is 0.386. The van der Waals surface area contributed by atoms with Crippen LogP contribution in [-0.2, 0) is 17.0 Å². The molecule has 0 unspecified atom stereocenters. The van der Waals surface area contributed by atoms with Crippen LogP contribution in [0.15, 0.2) is 0 Å². The van der Waals surface area contributed by atoms with Crippen molar-refractivity contribution in [1.82, 2.24) is 0 Å². The zero-order chi connectivity index (χ0) is 20.0. The van der Waals surface area contributed by atoms with Crippen molar-refractivity contribution in [3.63, 3.8) is 0 Å². The summed E-state index contributed by atoms with van der Waals surface area (Å²) in [5.74, 6) is 23.5. The molecular weight excluding hydrogens is 460 g/mol. The van der Waals surface area contributed by atoms with E-state index in [-0.39, 0.29) is 21.0 Å². The van der Waals surface area contributed by atoms with E-state index >= 15 is 0 Å². The van der Waals surface area contributed by atoms with Crippen LogP contribution in [0.4, 0.5) is 0 Å². The molecular formula is C11H35Al8O7. The van der Waals surface area contributed by atoms with Gasteiger partial charge in [-0.25, -0.2) is 0 Å². The van der Waals surface area contributed by atoms with Gasteiger partial charge in [-0.3, -0.25) is 0 Å². The van der Waals surface area contributed by atoms with E-state index in [1.54, 1.807) is 0 Å². The van der Waals surface area contributed by atoms with Crippen molar-refractivity contribution in [2.75, 3.05) is 0 Å². The van der Waals surface area contributed by atoms with Crippen LogP contribution in [0.3, 0.4) is 0 Å². The highest BCUT2D eigenvalue weighted by Crippen LogP contribution is 2.00. The van der Waals surface area contributed by atoms with Gasteiger partial charge in [-0.15, -0.1) is 0 Å². The summed E-state index contributed by atoms with van der Waals surface area (Å²) in [6, 6.07) is 0. The zero-order valence-corrected chi connectivity index (χ0v) is 27.8. The van der Waals surface area contributed by atoms with Crippen molar-refractivity contribution in [3.05, 3.63) is 0 Å². The first-order valence-corrected chi connectivity index (χ1v) is 27.5. The minimum Gasteiger partial charge on any atom is -0.622 e. The van der Waals surface area contributed by atoms with Gasteiger partial charge in [0, 0.05) is 0 Å². The fraction of sp³-hybridized carbons (Fsp3) is 1.00. The van der Waals surface area contributed by atoms with Crippen LogP contribution in [0.1, 0.15) is 0 Å². The Kier molecular flexibility index (Phi) is 29.5. The van der Waals surface area contributed by atoms with Gasteiger partial charge in [0.25, 0.3) is 0 Å². The predicted molar refractivity (Wildman–Crippen MR) is 121 cm³/mol. The molecule has 0 aliphatic carbocycles. The fourth-order valence-electron chi connectivity index (χ4n) is 2.01. The molecule has 26 heavy (non-hydrogen) atoms. The Morgan fingerprint density at radius 2 is 0.731 bits per heavy atom. The standard InChI is InChI=1S/11CH3.8Al.H2O.6O/h11*1H3;;;;;;;;;1H2;;;;;;. The van der Waals surface area contributed by atoms with Gasteiger partial charge in [-0.1, -0.05) is 63.6 Å². The monoisotopic (exact) mass is 495 g/mol. The van der Waals surface area contributed by atoms with Gasteiger partial charge in [-0.05, 0) is 0 Å². The van der Waals surface area contributed by atoms with E-state index in [4.69, 9.17) is 17.0 Å². The van der Waals surface area contributed by atoms with E-state index < -0.39 is 103 Å². The molecule has 145 valence electrons. The van der Waals surface area contributed by atoms with E-state index in [1.807, 2.05) is 0 Å². The van der Waals surface area contributed by atoms with Crippen LogP contribution in [0.2, 0.25) is 63.6 Å². The molecule has 0 spiro atoms. The summed E-state index contributed by atoms with van der Waals surface area (Å²) in [5.41, 5.74) is 0. The highest BCUT2D eigenvalue weighted by molar-refractivity contribution is 6.68. The van der Waals surface area contributed by atoms with E-state index in [0.29, 0.717) is 0 Å². The van der Waals surface area contributed by atoms with Crippen LogP contribution < -0.4 is 0 Å². The van der Waals surface area contributed by atoms with Gasteiger partial charge in [0.1, 0.15) is 0 Å². The van der Waals surface area contributed by atoms with E-state index in [2.05, 4.69) is 63.6 Å². The smallest absolute Gasteiger partial charge is 0.612 e. The van der Waals surface area contributed by atoms with Gasteiger partial charge in [0.2, 0.25) is 0 Å². The SMILES string of the molecule is O.[CH3][Al]([CH3])[O][Al]([CH3])[O][Al]([CH3])[CH3].[CH3][Al][O][Al]([CH3])[O][Al]([CH3])[O][Al]([CH3])[O][Al]([CH3])[CH3]. The van der Waals surface area contributed by atoms with Crippen molar-refractivity contribution >= 4 is 118 Å². The van der Waals surface area contributed by atoms with E-state index in [0.717, 1.165) is 0 Å². The lowest BCUT2D eigenvalue weighted by Crippen LogP contribution is -2.36. The maximum Gasteiger partial charge on any atom is 0.612 e. The Hall–Kier alpha value is 3.98. The summed E-state index contributed by atoms with van der Waals surface area (Å²) < 4.78 is 34.1. The van der Waals surface area contributed by atoms with Crippen molar-refractivity contribution in [3.8, 4) is 0 Å². The molecule has 15 heteroatoms. The summed E-state index contributed by atoms with van der Waals surface area (Å²) in [7, 11) is 0. The third-order valence-corrected chi connectivity index (χ3v) is 22.4. The van der Waals surface area contributed by atoms with Crippen molar-refractivity contribution in [2.24, 2.45) is 0 Å². The summed E-state index contributed by atoms with van der Waals surface area (Å²) in [4.78, 5) is 0. The lowest BCUT2D eigenvalue weighted by Gasteiger charge is -2.19. The van der Waals surface area contributed by atoms with Crippen molar-refractivity contribution in [2.45, 2.75) is 63.6 Å². The molecule has 0 rings (SSSR count). The van der Waals surface area contributed by atoms with Gasteiger partial charge < -0.3 is 22.5 Å². The normalized spacial score (nSPS) is 9.19. The van der Waals surface area contributed by atoms with E-state index in [9.17, 15) is 0 Å². The largest absolute Gasteiger partial charge is 0.622 e. The maximum atomic E-state index is 5.81. The molecule has 0 aromatic rings. The second kappa shape index (κ2) is 22.2. The molecule has 0 fully saturated rings. The zero-order valence-electron chi connectivity index (χ0n) is 18.6. The number of rotatable bonds is 12. The van der Waals surface area contributed by atoms with Crippen LogP contribution in [0.25, 0.3) is 0 Å². The van der Waals surface area contributed by atoms with Crippen LogP contribution in [0, 0.1) is 0 Å². The minimum atomic E-state index is -1.50. The Morgan fingerprint density at radius 3 is 1.04 bits per heavy atom. The summed E-state index contributed by atoms with van der Waals surface area (Å²) in [5, 5.41) is 0. The molecule has 0 saturated carbocycles. The Morgan fingerprint density at radius 1 is 0.462 bits per heavy atom. The molecule has 0 aliphatic rings. The summed E-state index contributed by atoms with van der Waals surface area (Å²) >= 11 is -8.03. The number of hydrogen-bond acceptors (Lipinski definition) is 6. The third kappa shape index (κ3) is 28.0. The fourth-order valence-corrected chi connectivity index (χ4v) is 20.4. The van der Waals surface area contributed by atoms with Gasteiger partial charge in [0.05, 0.1) is 0 Å². The van der Waals surface area contributed by atoms with Gasteiger partial charge in [-0.2, -0.15) is 0 Å². The third-order valence-electron chi connectivity index (χ3n) is 2.49. The van der Waals surface area contributed by atoms with Gasteiger partial charge in [0.15, 0.2) is 0 Å². The molecule has 0 heterocycles. The topological polar surface area (TPSA) is 86.9 Å². The van der Waals surface area contributed by atoms with Crippen LogP contribution >= 0.6 is 0 Å². The molecule has 1 radical (unpaired) electrons. The summed E-state index contributed by atoms with van der Waals surface area (Å²) in [6.07, 6.45) is 0. The predicted octanol–water partition coefficient (Wildman–Crippen LogP) is 2.14. The first kappa shape index (κ1) is 34.6. The Labute approximate surface area is 201 Å². The van der Waals surface area contributed by atoms with Crippen LogP contribution in [0.5, 0.6) is 0 Å². The average Bonchev–Trinajstić information content (AvgIpc) is 2.35. The molecule has 0 amide bonds. The lowest BCUT2D eigenvalue weighted by molar-refractivity contribution is 0.357. The molecule has 0 saturated heterocycles. The first-order valence-electron chi connectivity index (χ1n) is 9.18.